The third-order valence-corrected chi connectivity index (χ3v) is 39.7. The molecule has 0 spiro atoms. The molecule has 10 nitrogen and oxygen atoms in total. The Kier molecular flexibility index (Phi) is 19.2. The van der Waals surface area contributed by atoms with Crippen LogP contribution < -0.4 is 15.9 Å². The number of ether oxygens (including phenoxy) is 4. The standard InChI is InChI=1S/C23H36O3.C22H34O4.C20H32O3.C19H18BrP.CH4/c1-13-6-7-15-18-16(9-11-22(13,15)4)23(5)10-8-14(24)12-17(23)19-20(18)26-21(2,3)25-19;1-20(2)25-18-15-11-12(23)7-9-21(15,3)14-8-10-22(4)13(5-6-16(22)24)17(14)19(18)26-20;1-11-4-5-13-16-14(7-9-19(11,13)2)20(3)8-6-12(21)10-15(20)17(22)18(16)23;1-21(20,17-11-5-2-6-12-17,18-13-7-3-8-14-18)19-15-9-4-10-16-19;/h14-20,24H,1,6-12H2,2-5H3;12-15,17-19,23H,5-11H2,1-4H3;12-18,21-23H,1,4-10H2,2-3H3;2-16H,1H3;1H4/t14-,15?,16?,17?,18?,19+,20+,22+,23+;12-,13?,14?,15?,17?,18+,19+,21+,22-;12-,13?,14?,15?,16?,17+,18+,19+,20+;;/m000../s1. The second-order valence-electron chi connectivity index (χ2n) is 36.7. The van der Waals surface area contributed by atoms with Crippen LogP contribution in [0.4, 0.5) is 0 Å². The minimum atomic E-state index is -2.56. The van der Waals surface area contributed by atoms with E-state index in [0.29, 0.717) is 76.8 Å². The van der Waals surface area contributed by atoms with Crippen molar-refractivity contribution in [2.24, 2.45) is 104 Å². The Morgan fingerprint density at radius 1 is 0.392 bits per heavy atom. The zero-order chi connectivity index (χ0) is 68.3. The Morgan fingerprint density at radius 3 is 1.11 bits per heavy atom. The summed E-state index contributed by atoms with van der Waals surface area (Å²) in [5, 5.41) is 54.3. The second-order valence-corrected chi connectivity index (χ2v) is 46.4. The predicted octanol–water partition coefficient (Wildman–Crippen LogP) is 16.4. The fourth-order valence-corrected chi connectivity index (χ4v) is 31.6. The predicted molar refractivity (Wildman–Crippen MR) is 395 cm³/mol. The van der Waals surface area contributed by atoms with Gasteiger partial charge in [0.1, 0.15) is 5.78 Å². The summed E-state index contributed by atoms with van der Waals surface area (Å²) in [5.41, 5.74) is 3.66. The molecular weight excluding hydrogens is 1290 g/mol. The summed E-state index contributed by atoms with van der Waals surface area (Å²) in [6.07, 6.45) is 20.1. The van der Waals surface area contributed by atoms with Crippen LogP contribution >= 0.6 is 20.8 Å². The Balaban J connectivity index is 0.000000117. The average Bonchev–Trinajstić information content (AvgIpc) is 1.68. The van der Waals surface area contributed by atoms with Gasteiger partial charge in [-0.25, -0.2) is 0 Å². The number of rotatable bonds is 3. The number of aliphatic hydroxyl groups excluding tert-OH is 5. The van der Waals surface area contributed by atoms with Crippen LogP contribution in [0, 0.1) is 104 Å². The van der Waals surface area contributed by atoms with Crippen LogP contribution in [-0.2, 0) is 23.7 Å². The van der Waals surface area contributed by atoms with E-state index in [1.165, 1.54) is 59.2 Å². The Hall–Kier alpha value is -2.64. The molecule has 14 aliphatic rings. The minimum absolute atomic E-state index is 0. The fourth-order valence-electron chi connectivity index (χ4n) is 25.9. The monoisotopic (exact) mass is 1410 g/mol. The van der Waals surface area contributed by atoms with Gasteiger partial charge in [0.25, 0.3) is 0 Å². The van der Waals surface area contributed by atoms with E-state index in [-0.39, 0.29) is 89.1 Å². The number of ketones is 1. The van der Waals surface area contributed by atoms with E-state index in [1.54, 1.807) is 0 Å². The molecule has 0 amide bonds. The number of benzene rings is 3. The van der Waals surface area contributed by atoms with Gasteiger partial charge in [0, 0.05) is 11.8 Å². The summed E-state index contributed by atoms with van der Waals surface area (Å²) in [6, 6.07) is 32.3. The third-order valence-electron chi connectivity index (χ3n) is 31.5. The summed E-state index contributed by atoms with van der Waals surface area (Å²) in [4.78, 5) is 12.7. The van der Waals surface area contributed by atoms with Crippen molar-refractivity contribution < 1.29 is 49.3 Å². The fraction of sp³-hybridized carbons (Fsp3) is 0.729. The van der Waals surface area contributed by atoms with E-state index >= 15 is 0 Å². The van der Waals surface area contributed by atoms with E-state index < -0.39 is 29.1 Å². The first-order valence-electron chi connectivity index (χ1n) is 38.1. The van der Waals surface area contributed by atoms with Gasteiger partial charge in [-0.2, -0.15) is 0 Å². The molecule has 2 saturated heterocycles. The van der Waals surface area contributed by atoms with Crippen molar-refractivity contribution >= 4 is 42.5 Å². The first kappa shape index (κ1) is 72.7. The van der Waals surface area contributed by atoms with Crippen LogP contribution in [0.15, 0.2) is 115 Å². The number of hydrogen-bond acceptors (Lipinski definition) is 10. The summed E-state index contributed by atoms with van der Waals surface area (Å²) < 4.78 is 26.1. The molecule has 12 aliphatic carbocycles. The molecule has 0 radical (unpaired) electrons. The average molecular weight is 1420 g/mol. The van der Waals surface area contributed by atoms with E-state index in [1.807, 2.05) is 13.8 Å². The number of aliphatic hydroxyl groups is 5. The number of hydrogen-bond donors (Lipinski definition) is 5. The Labute approximate surface area is 591 Å². The quantitative estimate of drug-likeness (QED) is 0.126. The molecule has 12 saturated carbocycles. The molecule has 12 heteroatoms. The van der Waals surface area contributed by atoms with E-state index in [4.69, 9.17) is 18.9 Å². The van der Waals surface area contributed by atoms with Gasteiger partial charge in [-0.1, -0.05) is 73.3 Å². The number of Topliss-reactive ketones (excluding diaryl/α,β-unsaturated/α-hetero) is 1. The maximum atomic E-state index is 12.7. The van der Waals surface area contributed by atoms with Gasteiger partial charge in [0.15, 0.2) is 11.6 Å². The molecule has 17 rings (SSSR count). The van der Waals surface area contributed by atoms with Gasteiger partial charge < -0.3 is 44.5 Å². The van der Waals surface area contributed by atoms with Crippen LogP contribution in [0.3, 0.4) is 0 Å². The number of carbonyl (C=O) groups is 1. The SMILES string of the molecule is C.C=C1CCC2C3C(CC[C@]12C)[C@@]1(C)CC[C@H](O)CC1[C@@H](O)[C@@H]3O.C=C1CCC2C3C(CC[C@]12C)[C@@]1(C)CC[C@H](O)CC1[C@H]1OC(C)(C)O[C@H]31.CC1(C)O[C@@H]2C3C(CC[C@]4(C)C(=O)CCC34)[C@@]3(C)CC[C@H](O)CC3[C@H]2O1.CP(Br)(c1ccccc1)(c1ccccc1)c1ccccc1. The van der Waals surface area contributed by atoms with Crippen LogP contribution in [-0.4, -0.2) is 104 Å². The van der Waals surface area contributed by atoms with Gasteiger partial charge in [-0.05, 0) is 254 Å². The number of carbonyl (C=O) groups excluding carboxylic acids is 1. The summed E-state index contributed by atoms with van der Waals surface area (Å²) in [6.45, 7) is 33.7. The van der Waals surface area contributed by atoms with Crippen LogP contribution in [0.25, 0.3) is 0 Å². The van der Waals surface area contributed by atoms with E-state index in [2.05, 4.69) is 182 Å². The van der Waals surface area contributed by atoms with Gasteiger partial charge in [-0.3, -0.25) is 4.79 Å². The third kappa shape index (κ3) is 11.5. The molecule has 0 aromatic heterocycles. The van der Waals surface area contributed by atoms with Crippen LogP contribution in [0.5, 0.6) is 0 Å². The van der Waals surface area contributed by atoms with Crippen molar-refractivity contribution in [3.05, 3.63) is 115 Å². The molecule has 536 valence electrons. The van der Waals surface area contributed by atoms with Crippen molar-refractivity contribution in [3.8, 4) is 0 Å². The first-order valence-corrected chi connectivity index (χ1v) is 42.8. The maximum absolute atomic E-state index is 12.7. The molecule has 2 heterocycles. The van der Waals surface area contributed by atoms with Crippen molar-refractivity contribution in [2.45, 2.75) is 278 Å². The van der Waals surface area contributed by atoms with Crippen molar-refractivity contribution in [3.63, 3.8) is 0 Å². The van der Waals surface area contributed by atoms with Gasteiger partial charge >= 0.3 is 134 Å². The first-order chi connectivity index (χ1) is 45.2. The molecule has 14 fully saturated rings. The summed E-state index contributed by atoms with van der Waals surface area (Å²) in [7, 11) is 0. The molecular formula is C85H124BrO10P. The van der Waals surface area contributed by atoms with Crippen molar-refractivity contribution in [1.29, 1.82) is 0 Å². The number of allylic oxidation sites excluding steroid dienone is 2. The van der Waals surface area contributed by atoms with Gasteiger partial charge in [-0.15, -0.1) is 0 Å². The number of fused-ring (bicyclic) bond motifs is 21. The van der Waals surface area contributed by atoms with Crippen molar-refractivity contribution in [1.82, 2.24) is 0 Å². The molecule has 3 aromatic carbocycles. The van der Waals surface area contributed by atoms with E-state index in [0.717, 1.165) is 96.3 Å². The molecule has 27 atom stereocenters. The zero-order valence-electron chi connectivity index (χ0n) is 60.2. The summed E-state index contributed by atoms with van der Waals surface area (Å²) in [5.74, 6) is 4.76. The van der Waals surface area contributed by atoms with E-state index in [9.17, 15) is 30.3 Å². The molecule has 97 heavy (non-hydrogen) atoms. The van der Waals surface area contributed by atoms with Crippen LogP contribution in [0.1, 0.15) is 212 Å². The molecule has 5 N–H and O–H groups in total. The van der Waals surface area contributed by atoms with Gasteiger partial charge in [0.2, 0.25) is 0 Å². The molecule has 2 aliphatic heterocycles. The normalized spacial score (nSPS) is 47.9. The second kappa shape index (κ2) is 25.6. The van der Waals surface area contributed by atoms with Gasteiger partial charge in [0.05, 0.1) is 54.9 Å². The number of halogens is 1. The topological polar surface area (TPSA) is 155 Å². The molecule has 0 bridgehead atoms. The van der Waals surface area contributed by atoms with Crippen LogP contribution in [0.2, 0.25) is 0 Å². The Bertz CT molecular complexity index is 3170. The summed E-state index contributed by atoms with van der Waals surface area (Å²) >= 11 is 4.24. The Morgan fingerprint density at radius 2 is 0.711 bits per heavy atom. The van der Waals surface area contributed by atoms with Crippen molar-refractivity contribution in [2.75, 3.05) is 6.66 Å². The molecule has 3 aromatic rings. The zero-order valence-corrected chi connectivity index (χ0v) is 62.6. The molecule has 12 unspecified atom stereocenters.